The second-order valence-electron chi connectivity index (χ2n) is 6.16. The molecule has 3 nitrogen and oxygen atoms in total. The van der Waals surface area contributed by atoms with Crippen molar-refractivity contribution in [2.75, 3.05) is 26.8 Å². The third kappa shape index (κ3) is 7.05. The van der Waals surface area contributed by atoms with Crippen LogP contribution in [0.3, 0.4) is 0 Å². The maximum atomic E-state index is 10.6. The summed E-state index contributed by atoms with van der Waals surface area (Å²) in [4.78, 5) is 2.42. The zero-order chi connectivity index (χ0) is 14.6. The minimum atomic E-state index is -0.161. The third-order valence-corrected chi connectivity index (χ3v) is 4.65. The number of ether oxygens (including phenoxy) is 1. The van der Waals surface area contributed by atoms with E-state index < -0.39 is 0 Å². The van der Waals surface area contributed by atoms with Crippen LogP contribution in [0.25, 0.3) is 0 Å². The Kier molecular flexibility index (Phi) is 10.3. The van der Waals surface area contributed by atoms with Crippen LogP contribution in [0.4, 0.5) is 0 Å². The van der Waals surface area contributed by atoms with Crippen molar-refractivity contribution in [3.63, 3.8) is 0 Å². The molecular weight excluding hydrogens is 250 g/mol. The molecule has 1 aliphatic carbocycles. The molecule has 0 amide bonds. The molecule has 0 heterocycles. The van der Waals surface area contributed by atoms with Crippen LogP contribution in [-0.4, -0.2) is 49.0 Å². The Balaban J connectivity index is 2.54. The summed E-state index contributed by atoms with van der Waals surface area (Å²) in [7, 11) is 1.76. The van der Waals surface area contributed by atoms with Crippen molar-refractivity contribution in [1.29, 1.82) is 0 Å². The maximum absolute atomic E-state index is 10.6. The van der Waals surface area contributed by atoms with Gasteiger partial charge in [0.2, 0.25) is 0 Å². The van der Waals surface area contributed by atoms with Crippen LogP contribution in [-0.2, 0) is 4.74 Å². The summed E-state index contributed by atoms with van der Waals surface area (Å²) in [6.07, 6.45) is 12.5. The van der Waals surface area contributed by atoms with Gasteiger partial charge in [-0.2, -0.15) is 0 Å². The van der Waals surface area contributed by atoms with Gasteiger partial charge in [0.15, 0.2) is 0 Å². The number of hydrogen-bond acceptors (Lipinski definition) is 3. The molecular formula is C17H35NO2. The molecule has 0 aromatic heterocycles. The van der Waals surface area contributed by atoms with Crippen molar-refractivity contribution < 1.29 is 9.84 Å². The summed E-state index contributed by atoms with van der Waals surface area (Å²) < 4.78 is 5.21. The van der Waals surface area contributed by atoms with Gasteiger partial charge in [0.25, 0.3) is 0 Å². The standard InChI is InChI=1S/C17H35NO2/c1-3-18(14-15-20-2)16-12-10-8-6-4-5-7-9-11-13-17(16)19/h16-17,19H,3-15H2,1-2H3. The Morgan fingerprint density at radius 2 is 1.50 bits per heavy atom. The number of hydrogen-bond donors (Lipinski definition) is 1. The average Bonchev–Trinajstić information content (AvgIpc) is 2.45. The Labute approximate surface area is 125 Å². The highest BCUT2D eigenvalue weighted by molar-refractivity contribution is 4.79. The molecule has 3 heteroatoms. The molecule has 2 unspecified atom stereocenters. The van der Waals surface area contributed by atoms with E-state index in [4.69, 9.17) is 4.74 Å². The molecule has 1 saturated carbocycles. The number of likely N-dealkylation sites (N-methyl/N-ethyl adjacent to an activating group) is 1. The molecule has 1 rings (SSSR count). The van der Waals surface area contributed by atoms with Gasteiger partial charge in [0.05, 0.1) is 12.7 Å². The zero-order valence-electron chi connectivity index (χ0n) is 13.6. The number of aliphatic hydroxyl groups excluding tert-OH is 1. The molecule has 0 aliphatic heterocycles. The quantitative estimate of drug-likeness (QED) is 0.838. The molecule has 0 bridgehead atoms. The second-order valence-corrected chi connectivity index (χ2v) is 6.16. The van der Waals surface area contributed by atoms with Crippen LogP contribution >= 0.6 is 0 Å². The van der Waals surface area contributed by atoms with Crippen molar-refractivity contribution >= 4 is 0 Å². The fourth-order valence-corrected chi connectivity index (χ4v) is 3.35. The van der Waals surface area contributed by atoms with Gasteiger partial charge in [0, 0.05) is 19.7 Å². The fourth-order valence-electron chi connectivity index (χ4n) is 3.35. The van der Waals surface area contributed by atoms with Crippen LogP contribution in [0, 0.1) is 0 Å². The highest BCUT2D eigenvalue weighted by atomic mass is 16.5. The lowest BCUT2D eigenvalue weighted by Crippen LogP contribution is -2.45. The molecule has 1 N–H and O–H groups in total. The predicted octanol–water partition coefficient (Wildman–Crippen LogP) is 3.60. The van der Waals surface area contributed by atoms with E-state index in [1.165, 1.54) is 51.4 Å². The highest BCUT2D eigenvalue weighted by Gasteiger charge is 2.24. The molecule has 0 aromatic carbocycles. The summed E-state index contributed by atoms with van der Waals surface area (Å²) in [5.41, 5.74) is 0. The average molecular weight is 285 g/mol. The van der Waals surface area contributed by atoms with E-state index in [-0.39, 0.29) is 6.10 Å². The lowest BCUT2D eigenvalue weighted by Gasteiger charge is -2.34. The second kappa shape index (κ2) is 11.5. The Morgan fingerprint density at radius 1 is 0.950 bits per heavy atom. The van der Waals surface area contributed by atoms with Crippen molar-refractivity contribution in [2.24, 2.45) is 0 Å². The van der Waals surface area contributed by atoms with Crippen LogP contribution < -0.4 is 0 Å². The van der Waals surface area contributed by atoms with E-state index in [0.717, 1.165) is 32.5 Å². The van der Waals surface area contributed by atoms with E-state index in [1.54, 1.807) is 7.11 Å². The normalized spacial score (nSPS) is 27.0. The van der Waals surface area contributed by atoms with Gasteiger partial charge >= 0.3 is 0 Å². The van der Waals surface area contributed by atoms with Crippen molar-refractivity contribution in [1.82, 2.24) is 4.90 Å². The topological polar surface area (TPSA) is 32.7 Å². The smallest absolute Gasteiger partial charge is 0.0695 e. The molecule has 0 spiro atoms. The maximum Gasteiger partial charge on any atom is 0.0695 e. The Morgan fingerprint density at radius 3 is 2.05 bits per heavy atom. The first-order valence-corrected chi connectivity index (χ1v) is 8.70. The van der Waals surface area contributed by atoms with Crippen molar-refractivity contribution in [3.05, 3.63) is 0 Å². The third-order valence-electron chi connectivity index (χ3n) is 4.65. The van der Waals surface area contributed by atoms with Gasteiger partial charge in [-0.1, -0.05) is 58.3 Å². The number of nitrogens with zero attached hydrogens (tertiary/aromatic N) is 1. The zero-order valence-corrected chi connectivity index (χ0v) is 13.6. The molecule has 0 saturated heterocycles. The summed E-state index contributed by atoms with van der Waals surface area (Å²) >= 11 is 0. The number of aliphatic hydroxyl groups is 1. The molecule has 0 aromatic rings. The molecule has 120 valence electrons. The predicted molar refractivity (Wildman–Crippen MR) is 85.1 cm³/mol. The van der Waals surface area contributed by atoms with Gasteiger partial charge < -0.3 is 9.84 Å². The number of rotatable bonds is 5. The van der Waals surface area contributed by atoms with Crippen LogP contribution in [0.15, 0.2) is 0 Å². The van der Waals surface area contributed by atoms with E-state index in [1.807, 2.05) is 0 Å². The summed E-state index contributed by atoms with van der Waals surface area (Å²) in [6, 6.07) is 0.328. The first kappa shape index (κ1) is 17.9. The van der Waals surface area contributed by atoms with Gasteiger partial charge in [0.1, 0.15) is 0 Å². The summed E-state index contributed by atoms with van der Waals surface area (Å²) in [6.45, 7) is 4.90. The highest BCUT2D eigenvalue weighted by Crippen LogP contribution is 2.21. The van der Waals surface area contributed by atoms with E-state index in [2.05, 4.69) is 11.8 Å². The lowest BCUT2D eigenvalue weighted by atomic mass is 9.94. The van der Waals surface area contributed by atoms with E-state index in [9.17, 15) is 5.11 Å². The largest absolute Gasteiger partial charge is 0.391 e. The fraction of sp³-hybridized carbons (Fsp3) is 1.00. The van der Waals surface area contributed by atoms with E-state index >= 15 is 0 Å². The molecule has 1 aliphatic rings. The number of methoxy groups -OCH3 is 1. The Bertz CT molecular complexity index is 223. The molecule has 1 fully saturated rings. The molecule has 0 radical (unpaired) electrons. The van der Waals surface area contributed by atoms with E-state index in [0.29, 0.717) is 6.04 Å². The first-order chi connectivity index (χ1) is 9.79. The minimum absolute atomic E-state index is 0.161. The minimum Gasteiger partial charge on any atom is -0.391 e. The van der Waals surface area contributed by atoms with Gasteiger partial charge in [-0.3, -0.25) is 4.90 Å². The monoisotopic (exact) mass is 285 g/mol. The first-order valence-electron chi connectivity index (χ1n) is 8.70. The Hall–Kier alpha value is -0.120. The van der Waals surface area contributed by atoms with Gasteiger partial charge in [-0.25, -0.2) is 0 Å². The van der Waals surface area contributed by atoms with Gasteiger partial charge in [-0.15, -0.1) is 0 Å². The van der Waals surface area contributed by atoms with Crippen molar-refractivity contribution in [2.45, 2.75) is 83.3 Å². The SMILES string of the molecule is CCN(CCOC)C1CCCCCCCCCCC1O. The van der Waals surface area contributed by atoms with Crippen LogP contribution in [0.5, 0.6) is 0 Å². The summed E-state index contributed by atoms with van der Waals surface area (Å²) in [5, 5.41) is 10.6. The van der Waals surface area contributed by atoms with Crippen LogP contribution in [0.1, 0.15) is 71.1 Å². The van der Waals surface area contributed by atoms with Crippen LogP contribution in [0.2, 0.25) is 0 Å². The van der Waals surface area contributed by atoms with Gasteiger partial charge in [-0.05, 0) is 19.4 Å². The van der Waals surface area contributed by atoms with Crippen molar-refractivity contribution in [3.8, 4) is 0 Å². The lowest BCUT2D eigenvalue weighted by molar-refractivity contribution is 0.0250. The molecule has 20 heavy (non-hydrogen) atoms. The summed E-state index contributed by atoms with van der Waals surface area (Å²) in [5.74, 6) is 0. The molecule has 2 atom stereocenters.